The van der Waals surface area contributed by atoms with Gasteiger partial charge in [0, 0.05) is 26.2 Å². The Balaban J connectivity index is 1.26. The predicted octanol–water partition coefficient (Wildman–Crippen LogP) is 12.3. The van der Waals surface area contributed by atoms with Crippen molar-refractivity contribution in [1.29, 1.82) is 0 Å². The van der Waals surface area contributed by atoms with Crippen LogP contribution in [0.15, 0.2) is 152 Å². The van der Waals surface area contributed by atoms with Crippen LogP contribution in [0, 0.1) is 0 Å². The van der Waals surface area contributed by atoms with E-state index in [-0.39, 0.29) is 0 Å². The molecule has 204 valence electrons. The SMILES string of the molecule is c1ccc2c(c1)sc1c(-n3c4ccccc4c4ccc(-c5ccc6c7ccccc7c7ccccc7c6c5)cc43)cccc12. The molecule has 0 N–H and O–H groups in total. The van der Waals surface area contributed by atoms with Crippen LogP contribution in [0.3, 0.4) is 0 Å². The van der Waals surface area contributed by atoms with Gasteiger partial charge in [-0.3, -0.25) is 0 Å². The highest BCUT2D eigenvalue weighted by molar-refractivity contribution is 7.26. The Kier molecular flexibility index (Phi) is 4.94. The number of aromatic nitrogens is 1. The second-order valence-corrected chi connectivity index (χ2v) is 12.7. The molecule has 44 heavy (non-hydrogen) atoms. The number of fused-ring (bicyclic) bond motifs is 12. The van der Waals surface area contributed by atoms with Crippen molar-refractivity contribution < 1.29 is 0 Å². The molecule has 0 saturated carbocycles. The number of nitrogens with zero attached hydrogens (tertiary/aromatic N) is 1. The van der Waals surface area contributed by atoms with E-state index in [2.05, 4.69) is 156 Å². The van der Waals surface area contributed by atoms with E-state index in [0.717, 1.165) is 0 Å². The predicted molar refractivity (Wildman–Crippen MR) is 192 cm³/mol. The van der Waals surface area contributed by atoms with Gasteiger partial charge in [-0.05, 0) is 73.8 Å². The topological polar surface area (TPSA) is 4.93 Å². The van der Waals surface area contributed by atoms with Gasteiger partial charge in [0.25, 0.3) is 0 Å². The Morgan fingerprint density at radius 1 is 0.341 bits per heavy atom. The van der Waals surface area contributed by atoms with Crippen LogP contribution in [0.2, 0.25) is 0 Å². The van der Waals surface area contributed by atoms with Gasteiger partial charge in [-0.2, -0.15) is 0 Å². The van der Waals surface area contributed by atoms with Gasteiger partial charge in [-0.25, -0.2) is 0 Å². The van der Waals surface area contributed by atoms with Crippen LogP contribution in [0.25, 0.3) is 91.1 Å². The van der Waals surface area contributed by atoms with Crippen LogP contribution in [0.4, 0.5) is 0 Å². The largest absolute Gasteiger partial charge is 0.308 e. The Morgan fingerprint density at radius 2 is 0.864 bits per heavy atom. The van der Waals surface area contributed by atoms with Crippen LogP contribution in [-0.4, -0.2) is 4.57 Å². The lowest BCUT2D eigenvalue weighted by Gasteiger charge is -2.13. The minimum atomic E-state index is 1.23. The van der Waals surface area contributed by atoms with E-state index in [1.807, 2.05) is 11.3 Å². The van der Waals surface area contributed by atoms with Crippen molar-refractivity contribution in [1.82, 2.24) is 4.57 Å². The molecule has 2 aromatic heterocycles. The van der Waals surface area contributed by atoms with Gasteiger partial charge in [0.1, 0.15) is 0 Å². The number of thiophene rings is 1. The Morgan fingerprint density at radius 3 is 1.61 bits per heavy atom. The smallest absolute Gasteiger partial charge is 0.0640 e. The van der Waals surface area contributed by atoms with Gasteiger partial charge in [0.15, 0.2) is 0 Å². The zero-order valence-electron chi connectivity index (χ0n) is 23.8. The van der Waals surface area contributed by atoms with E-state index in [1.54, 1.807) is 0 Å². The third-order valence-electron chi connectivity index (χ3n) is 9.38. The third-order valence-corrected chi connectivity index (χ3v) is 10.6. The molecule has 0 aliphatic rings. The molecule has 0 radical (unpaired) electrons. The molecule has 0 aliphatic heterocycles. The Hall–Kier alpha value is -5.44. The molecule has 0 atom stereocenters. The fourth-order valence-corrected chi connectivity index (χ4v) is 8.61. The summed E-state index contributed by atoms with van der Waals surface area (Å²) in [6, 6.07) is 56.0. The highest BCUT2D eigenvalue weighted by Crippen LogP contribution is 2.42. The van der Waals surface area contributed by atoms with Gasteiger partial charge in [0.05, 0.1) is 21.4 Å². The summed E-state index contributed by atoms with van der Waals surface area (Å²) < 4.78 is 5.13. The molecule has 0 spiro atoms. The lowest BCUT2D eigenvalue weighted by molar-refractivity contribution is 1.20. The molecule has 1 nitrogen and oxygen atoms in total. The fourth-order valence-electron chi connectivity index (χ4n) is 7.41. The molecule has 10 aromatic rings. The van der Waals surface area contributed by atoms with Crippen molar-refractivity contribution in [3.63, 3.8) is 0 Å². The molecule has 8 aromatic carbocycles. The first kappa shape index (κ1) is 24.0. The normalized spacial score (nSPS) is 12.1. The van der Waals surface area contributed by atoms with Crippen LogP contribution in [0.5, 0.6) is 0 Å². The van der Waals surface area contributed by atoms with Gasteiger partial charge < -0.3 is 4.57 Å². The van der Waals surface area contributed by atoms with Gasteiger partial charge in [-0.15, -0.1) is 11.3 Å². The molecular formula is C42H25NS. The van der Waals surface area contributed by atoms with Crippen molar-refractivity contribution in [3.05, 3.63) is 152 Å². The second kappa shape index (κ2) is 9.03. The number of hydrogen-bond acceptors (Lipinski definition) is 1. The lowest BCUT2D eigenvalue weighted by Crippen LogP contribution is -1.94. The molecule has 0 amide bonds. The van der Waals surface area contributed by atoms with Crippen LogP contribution in [0.1, 0.15) is 0 Å². The van der Waals surface area contributed by atoms with Crippen molar-refractivity contribution in [2.45, 2.75) is 0 Å². The summed E-state index contributed by atoms with van der Waals surface area (Å²) >= 11 is 1.89. The van der Waals surface area contributed by atoms with Gasteiger partial charge in [-0.1, -0.05) is 121 Å². The number of rotatable bonds is 2. The molecule has 0 bridgehead atoms. The van der Waals surface area contributed by atoms with E-state index >= 15 is 0 Å². The highest BCUT2D eigenvalue weighted by Gasteiger charge is 2.17. The molecule has 2 heteroatoms. The van der Waals surface area contributed by atoms with Gasteiger partial charge in [0.2, 0.25) is 0 Å². The maximum absolute atomic E-state index is 2.48. The first-order valence-electron chi connectivity index (χ1n) is 15.1. The first-order chi connectivity index (χ1) is 21.8. The Labute approximate surface area is 257 Å². The third kappa shape index (κ3) is 3.29. The zero-order chi connectivity index (χ0) is 28.8. The molecular weight excluding hydrogens is 551 g/mol. The van der Waals surface area contributed by atoms with Crippen molar-refractivity contribution in [3.8, 4) is 16.8 Å². The highest BCUT2D eigenvalue weighted by atomic mass is 32.1. The van der Waals surface area contributed by atoms with Crippen molar-refractivity contribution >= 4 is 85.6 Å². The van der Waals surface area contributed by atoms with Crippen molar-refractivity contribution in [2.24, 2.45) is 0 Å². The molecule has 2 heterocycles. The van der Waals surface area contributed by atoms with E-state index in [1.165, 1.54) is 91.1 Å². The monoisotopic (exact) mass is 575 g/mol. The molecule has 0 fully saturated rings. The first-order valence-corrected chi connectivity index (χ1v) is 15.9. The molecule has 0 saturated heterocycles. The summed E-state index contributed by atoms with van der Waals surface area (Å²) in [6.45, 7) is 0. The lowest BCUT2D eigenvalue weighted by atomic mass is 9.92. The minimum Gasteiger partial charge on any atom is -0.308 e. The Bertz CT molecular complexity index is 2740. The maximum atomic E-state index is 2.48. The summed E-state index contributed by atoms with van der Waals surface area (Å²) in [5.74, 6) is 0. The maximum Gasteiger partial charge on any atom is 0.0640 e. The summed E-state index contributed by atoms with van der Waals surface area (Å²) in [4.78, 5) is 0. The zero-order valence-corrected chi connectivity index (χ0v) is 24.6. The molecule has 10 rings (SSSR count). The minimum absolute atomic E-state index is 1.23. The fraction of sp³-hybridized carbons (Fsp3) is 0. The summed E-state index contributed by atoms with van der Waals surface area (Å²) in [7, 11) is 0. The van der Waals surface area contributed by atoms with Crippen LogP contribution < -0.4 is 0 Å². The van der Waals surface area contributed by atoms with E-state index < -0.39 is 0 Å². The number of hydrogen-bond donors (Lipinski definition) is 0. The number of para-hydroxylation sites is 1. The molecule has 0 unspecified atom stereocenters. The average Bonchev–Trinajstić information content (AvgIpc) is 3.64. The van der Waals surface area contributed by atoms with Crippen LogP contribution in [-0.2, 0) is 0 Å². The van der Waals surface area contributed by atoms with E-state index in [9.17, 15) is 0 Å². The second-order valence-electron chi connectivity index (χ2n) is 11.7. The standard InChI is InChI=1S/C42H25NS/c1-2-12-30-28(10-1)29-11-3-4-13-31(29)37-24-26(20-22-32(30)37)27-21-23-34-33-14-5-7-17-38(33)43(40(34)25-27)39-18-9-16-36-35-15-6-8-19-41(35)44-42(36)39/h1-25H. The van der Waals surface area contributed by atoms with Crippen molar-refractivity contribution in [2.75, 3.05) is 0 Å². The summed E-state index contributed by atoms with van der Waals surface area (Å²) in [5.41, 5.74) is 6.17. The quantitative estimate of drug-likeness (QED) is 0.181. The van der Waals surface area contributed by atoms with Gasteiger partial charge >= 0.3 is 0 Å². The summed E-state index contributed by atoms with van der Waals surface area (Å²) in [5, 5.41) is 13.0. The van der Waals surface area contributed by atoms with E-state index in [0.29, 0.717) is 0 Å². The van der Waals surface area contributed by atoms with Crippen LogP contribution >= 0.6 is 11.3 Å². The van der Waals surface area contributed by atoms with E-state index in [4.69, 9.17) is 0 Å². The molecule has 0 aliphatic carbocycles. The average molecular weight is 576 g/mol. The summed E-state index contributed by atoms with van der Waals surface area (Å²) in [6.07, 6.45) is 0. The number of benzene rings is 8.